The van der Waals surface area contributed by atoms with E-state index in [2.05, 4.69) is 15.9 Å². The van der Waals surface area contributed by atoms with Crippen LogP contribution in [0.2, 0.25) is 0 Å². The maximum absolute atomic E-state index is 12.3. The summed E-state index contributed by atoms with van der Waals surface area (Å²) in [5, 5.41) is 10.5. The Hall–Kier alpha value is -0.970. The lowest BCUT2D eigenvalue weighted by Crippen LogP contribution is -1.98. The monoisotopic (exact) mass is 260 g/mol. The fraction of sp³-hybridized carbons (Fsp3) is 0.222. The molecule has 0 saturated carbocycles. The van der Waals surface area contributed by atoms with Crippen molar-refractivity contribution in [3.63, 3.8) is 0 Å². The topological polar surface area (TPSA) is 43.1 Å². The first-order valence-electron chi connectivity index (χ1n) is 3.88. The second-order valence-corrected chi connectivity index (χ2v) is 3.78. The largest absolute Gasteiger partial charge is 0.270 e. The zero-order valence-electron chi connectivity index (χ0n) is 7.46. The summed E-state index contributed by atoms with van der Waals surface area (Å²) < 4.78 is 12.9. The van der Waals surface area contributed by atoms with Crippen molar-refractivity contribution in [2.75, 3.05) is 6.67 Å². The van der Waals surface area contributed by atoms with Crippen molar-refractivity contribution in [2.24, 2.45) is 0 Å². The molecule has 0 bridgehead atoms. The quantitative estimate of drug-likeness (QED) is 0.619. The molecule has 1 radical (unpaired) electrons. The number of alkyl halides is 1. The molecule has 0 aliphatic rings. The standard InChI is InChI=1S/C9H8BrFNO2/c1-6(5-11)7-2-8(10)4-9(3-7)12(13)14/h2-4H,5H2,1H3. The third kappa shape index (κ3) is 2.51. The van der Waals surface area contributed by atoms with Crippen LogP contribution in [0.1, 0.15) is 12.5 Å². The number of hydrogen-bond acceptors (Lipinski definition) is 2. The minimum atomic E-state index is -0.604. The molecule has 0 N–H and O–H groups in total. The van der Waals surface area contributed by atoms with Crippen molar-refractivity contribution in [3.8, 4) is 0 Å². The molecule has 75 valence electrons. The molecule has 0 atom stereocenters. The Bertz CT molecular complexity index is 357. The summed E-state index contributed by atoms with van der Waals surface area (Å²) in [6.45, 7) is 0.999. The summed E-state index contributed by atoms with van der Waals surface area (Å²) in [4.78, 5) is 10.00. The minimum absolute atomic E-state index is 0.0397. The maximum Gasteiger partial charge on any atom is 0.270 e. The highest BCUT2D eigenvalue weighted by molar-refractivity contribution is 9.10. The molecule has 5 heteroatoms. The Kier molecular flexibility index (Phi) is 3.57. The van der Waals surface area contributed by atoms with Gasteiger partial charge in [-0.3, -0.25) is 14.5 Å². The molecule has 0 aliphatic carbocycles. The highest BCUT2D eigenvalue weighted by atomic mass is 79.9. The smallest absolute Gasteiger partial charge is 0.258 e. The maximum atomic E-state index is 12.3. The molecule has 14 heavy (non-hydrogen) atoms. The van der Waals surface area contributed by atoms with Crippen molar-refractivity contribution in [3.05, 3.63) is 44.3 Å². The third-order valence-corrected chi connectivity index (χ3v) is 2.24. The number of rotatable bonds is 3. The van der Waals surface area contributed by atoms with E-state index in [1.165, 1.54) is 12.1 Å². The lowest BCUT2D eigenvalue weighted by Gasteiger charge is -2.06. The predicted octanol–water partition coefficient (Wildman–Crippen LogP) is 3.27. The van der Waals surface area contributed by atoms with Gasteiger partial charge in [0, 0.05) is 22.5 Å². The van der Waals surface area contributed by atoms with E-state index >= 15 is 0 Å². The van der Waals surface area contributed by atoms with E-state index in [1.54, 1.807) is 13.0 Å². The first kappa shape index (κ1) is 11.1. The molecule has 1 rings (SSSR count). The third-order valence-electron chi connectivity index (χ3n) is 1.79. The molecule has 0 saturated heterocycles. The average molecular weight is 261 g/mol. The van der Waals surface area contributed by atoms with Crippen LogP contribution in [-0.2, 0) is 0 Å². The highest BCUT2D eigenvalue weighted by Gasteiger charge is 2.13. The number of halogens is 2. The van der Waals surface area contributed by atoms with Crippen LogP contribution in [0.4, 0.5) is 10.1 Å². The molecular weight excluding hydrogens is 253 g/mol. The van der Waals surface area contributed by atoms with Gasteiger partial charge in [0.15, 0.2) is 0 Å². The van der Waals surface area contributed by atoms with Gasteiger partial charge in [-0.1, -0.05) is 22.9 Å². The molecule has 0 unspecified atom stereocenters. The first-order chi connectivity index (χ1) is 6.54. The van der Waals surface area contributed by atoms with E-state index in [0.29, 0.717) is 16.0 Å². The normalized spacial score (nSPS) is 10.6. The van der Waals surface area contributed by atoms with Crippen LogP contribution < -0.4 is 0 Å². The zero-order valence-corrected chi connectivity index (χ0v) is 9.04. The van der Waals surface area contributed by atoms with Crippen molar-refractivity contribution in [1.29, 1.82) is 0 Å². The molecular formula is C9H8BrFNO2. The second-order valence-electron chi connectivity index (χ2n) is 2.87. The van der Waals surface area contributed by atoms with Crippen molar-refractivity contribution >= 4 is 21.6 Å². The Morgan fingerprint density at radius 3 is 2.71 bits per heavy atom. The SMILES string of the molecule is C[C](CF)c1cc(Br)cc([N+](=O)[O-])c1. The fourth-order valence-electron chi connectivity index (χ4n) is 1.00. The van der Waals surface area contributed by atoms with Gasteiger partial charge < -0.3 is 0 Å². The molecule has 0 spiro atoms. The summed E-state index contributed by atoms with van der Waals surface area (Å²) in [5.41, 5.74) is 0.510. The van der Waals surface area contributed by atoms with Crippen LogP contribution in [0, 0.1) is 16.0 Å². The van der Waals surface area contributed by atoms with E-state index in [-0.39, 0.29) is 5.69 Å². The van der Waals surface area contributed by atoms with E-state index in [9.17, 15) is 14.5 Å². The van der Waals surface area contributed by atoms with Crippen LogP contribution in [0.15, 0.2) is 22.7 Å². The first-order valence-corrected chi connectivity index (χ1v) is 4.67. The molecule has 0 fully saturated rings. The van der Waals surface area contributed by atoms with Gasteiger partial charge in [0.05, 0.1) is 11.6 Å². The Labute approximate surface area is 89.2 Å². The second kappa shape index (κ2) is 4.50. The average Bonchev–Trinajstić information content (AvgIpc) is 2.15. The van der Waals surface area contributed by atoms with Crippen LogP contribution in [0.25, 0.3) is 0 Å². The summed E-state index contributed by atoms with van der Waals surface area (Å²) in [7, 11) is 0. The summed E-state index contributed by atoms with van der Waals surface area (Å²) in [6.07, 6.45) is 0. The molecule has 1 aromatic rings. The Morgan fingerprint density at radius 1 is 1.57 bits per heavy atom. The zero-order chi connectivity index (χ0) is 10.7. The van der Waals surface area contributed by atoms with Gasteiger partial charge in [0.2, 0.25) is 0 Å². The number of benzene rings is 1. The van der Waals surface area contributed by atoms with Crippen LogP contribution in [0.5, 0.6) is 0 Å². The number of nitro groups is 1. The molecule has 3 nitrogen and oxygen atoms in total. The Balaban J connectivity index is 3.13. The summed E-state index contributed by atoms with van der Waals surface area (Å²) >= 11 is 3.14. The van der Waals surface area contributed by atoms with Gasteiger partial charge in [0.25, 0.3) is 5.69 Å². The molecule has 0 aromatic heterocycles. The summed E-state index contributed by atoms with van der Waals surface area (Å²) in [5.74, 6) is 0.481. The van der Waals surface area contributed by atoms with Gasteiger partial charge in [-0.25, -0.2) is 0 Å². The molecule has 0 amide bonds. The number of nitro benzene ring substituents is 1. The van der Waals surface area contributed by atoms with E-state index in [1.807, 2.05) is 0 Å². The lowest BCUT2D eigenvalue weighted by molar-refractivity contribution is -0.385. The van der Waals surface area contributed by atoms with Gasteiger partial charge >= 0.3 is 0 Å². The van der Waals surface area contributed by atoms with Crippen LogP contribution in [-0.4, -0.2) is 11.6 Å². The molecule has 0 heterocycles. The van der Waals surface area contributed by atoms with Gasteiger partial charge in [-0.05, 0) is 11.6 Å². The minimum Gasteiger partial charge on any atom is -0.258 e. The van der Waals surface area contributed by atoms with E-state index < -0.39 is 11.6 Å². The highest BCUT2D eigenvalue weighted by Crippen LogP contribution is 2.25. The number of nitrogens with zero attached hydrogens (tertiary/aromatic N) is 1. The van der Waals surface area contributed by atoms with E-state index in [4.69, 9.17) is 0 Å². The fourth-order valence-corrected chi connectivity index (χ4v) is 1.48. The van der Waals surface area contributed by atoms with Crippen LogP contribution in [0.3, 0.4) is 0 Å². The van der Waals surface area contributed by atoms with Crippen LogP contribution >= 0.6 is 15.9 Å². The summed E-state index contributed by atoms with van der Waals surface area (Å²) in [6, 6.07) is 4.40. The lowest BCUT2D eigenvalue weighted by atomic mass is 10.0. The molecule has 1 aromatic carbocycles. The molecule has 0 aliphatic heterocycles. The number of non-ortho nitro benzene ring substituents is 1. The number of hydrogen-bond donors (Lipinski definition) is 0. The Morgan fingerprint density at radius 2 is 2.21 bits per heavy atom. The van der Waals surface area contributed by atoms with Gasteiger partial charge in [-0.2, -0.15) is 0 Å². The van der Waals surface area contributed by atoms with Gasteiger partial charge in [0.1, 0.15) is 0 Å². The van der Waals surface area contributed by atoms with Crippen molar-refractivity contribution in [1.82, 2.24) is 0 Å². The van der Waals surface area contributed by atoms with Crippen molar-refractivity contribution in [2.45, 2.75) is 6.92 Å². The van der Waals surface area contributed by atoms with Crippen molar-refractivity contribution < 1.29 is 9.31 Å². The van der Waals surface area contributed by atoms with Gasteiger partial charge in [-0.15, -0.1) is 0 Å². The predicted molar refractivity (Wildman–Crippen MR) is 54.8 cm³/mol. The van der Waals surface area contributed by atoms with E-state index in [0.717, 1.165) is 0 Å².